The Morgan fingerprint density at radius 1 is 1.29 bits per heavy atom. The molecule has 0 aliphatic rings. The first-order valence-electron chi connectivity index (χ1n) is 7.63. The number of benzene rings is 1. The lowest BCUT2D eigenvalue weighted by Gasteiger charge is -2.16. The third kappa shape index (κ3) is 4.29. The van der Waals surface area contributed by atoms with E-state index < -0.39 is 0 Å². The summed E-state index contributed by atoms with van der Waals surface area (Å²) in [6.07, 6.45) is 1.99. The zero-order chi connectivity index (χ0) is 15.2. The zero-order valence-electron chi connectivity index (χ0n) is 13.4. The van der Waals surface area contributed by atoms with E-state index in [0.717, 1.165) is 24.8 Å². The number of nitrogens with one attached hydrogen (secondary N) is 1. The fraction of sp³-hybridized carbons (Fsp3) is 0.471. The van der Waals surface area contributed by atoms with E-state index in [0.29, 0.717) is 6.04 Å². The van der Waals surface area contributed by atoms with E-state index in [1.165, 1.54) is 16.0 Å². The molecule has 21 heavy (non-hydrogen) atoms. The molecule has 0 aliphatic carbocycles. The van der Waals surface area contributed by atoms with Crippen LogP contribution in [0.25, 0.3) is 0 Å². The van der Waals surface area contributed by atoms with Crippen LogP contribution >= 0.6 is 11.3 Å². The number of rotatable bonds is 7. The van der Waals surface area contributed by atoms with Gasteiger partial charge in [-0.3, -0.25) is 0 Å². The Kier molecular flexibility index (Phi) is 5.76. The van der Waals surface area contributed by atoms with Gasteiger partial charge in [0.2, 0.25) is 0 Å². The Morgan fingerprint density at radius 2 is 2.05 bits per heavy atom. The Balaban J connectivity index is 1.94. The van der Waals surface area contributed by atoms with Gasteiger partial charge in [-0.2, -0.15) is 0 Å². The summed E-state index contributed by atoms with van der Waals surface area (Å²) in [6, 6.07) is 9.03. The van der Waals surface area contributed by atoms with Crippen molar-refractivity contribution in [1.82, 2.24) is 10.3 Å². The minimum atomic E-state index is 0.351. The van der Waals surface area contributed by atoms with Crippen molar-refractivity contribution in [3.05, 3.63) is 46.5 Å². The molecule has 0 spiro atoms. The van der Waals surface area contributed by atoms with Gasteiger partial charge in [0.1, 0.15) is 0 Å². The highest BCUT2D eigenvalue weighted by molar-refractivity contribution is 7.15. The van der Waals surface area contributed by atoms with Gasteiger partial charge in [0.05, 0.1) is 0 Å². The molecule has 0 saturated carbocycles. The van der Waals surface area contributed by atoms with Gasteiger partial charge < -0.3 is 10.2 Å². The molecular formula is C17H25N3S. The molecule has 2 rings (SSSR count). The highest BCUT2D eigenvalue weighted by atomic mass is 32.1. The van der Waals surface area contributed by atoms with Crippen LogP contribution in [-0.4, -0.2) is 18.1 Å². The molecule has 1 atom stereocenters. The van der Waals surface area contributed by atoms with Crippen LogP contribution in [0.5, 0.6) is 0 Å². The number of hydrogen-bond acceptors (Lipinski definition) is 4. The van der Waals surface area contributed by atoms with Gasteiger partial charge in [-0.1, -0.05) is 29.8 Å². The number of nitrogens with zero attached hydrogens (tertiary/aromatic N) is 2. The van der Waals surface area contributed by atoms with E-state index in [2.05, 4.69) is 67.2 Å². The van der Waals surface area contributed by atoms with Gasteiger partial charge in [-0.15, -0.1) is 11.3 Å². The lowest BCUT2D eigenvalue weighted by molar-refractivity contribution is 0.578. The smallest absolute Gasteiger partial charge is 0.185 e. The molecule has 0 fully saturated rings. The molecule has 3 nitrogen and oxygen atoms in total. The third-order valence-corrected chi connectivity index (χ3v) is 4.76. The monoisotopic (exact) mass is 303 g/mol. The topological polar surface area (TPSA) is 28.2 Å². The Hall–Kier alpha value is -1.39. The predicted molar refractivity (Wildman–Crippen MR) is 92.1 cm³/mol. The number of aromatic nitrogens is 1. The molecule has 0 radical (unpaired) electrons. The largest absolute Gasteiger partial charge is 0.349 e. The van der Waals surface area contributed by atoms with Crippen LogP contribution < -0.4 is 10.2 Å². The van der Waals surface area contributed by atoms with Crippen LogP contribution in [0.4, 0.5) is 5.13 Å². The molecule has 1 heterocycles. The normalized spacial score (nSPS) is 12.4. The Bertz CT molecular complexity index is 561. The fourth-order valence-electron chi connectivity index (χ4n) is 2.33. The van der Waals surface area contributed by atoms with E-state index in [9.17, 15) is 0 Å². The van der Waals surface area contributed by atoms with Crippen molar-refractivity contribution < 1.29 is 0 Å². The molecule has 4 heteroatoms. The SMILES string of the molecule is CCN(CC)c1ncc(CN[C@H](C)c2cccc(C)c2)s1. The van der Waals surface area contributed by atoms with E-state index in [-0.39, 0.29) is 0 Å². The number of thiazole rings is 1. The highest BCUT2D eigenvalue weighted by Crippen LogP contribution is 2.23. The predicted octanol–water partition coefficient (Wildman–Crippen LogP) is 4.15. The first-order chi connectivity index (χ1) is 10.1. The summed E-state index contributed by atoms with van der Waals surface area (Å²) in [6.45, 7) is 11.6. The van der Waals surface area contributed by atoms with Crippen molar-refractivity contribution in [2.75, 3.05) is 18.0 Å². The van der Waals surface area contributed by atoms with Gasteiger partial charge >= 0.3 is 0 Å². The summed E-state index contributed by atoms with van der Waals surface area (Å²) < 4.78 is 0. The van der Waals surface area contributed by atoms with E-state index >= 15 is 0 Å². The minimum absolute atomic E-state index is 0.351. The second-order valence-corrected chi connectivity index (χ2v) is 6.39. The van der Waals surface area contributed by atoms with Crippen LogP contribution in [0.1, 0.15) is 42.8 Å². The molecule has 1 aromatic carbocycles. The Morgan fingerprint density at radius 3 is 2.71 bits per heavy atom. The summed E-state index contributed by atoms with van der Waals surface area (Å²) in [5.41, 5.74) is 2.64. The molecule has 1 N–H and O–H groups in total. The van der Waals surface area contributed by atoms with Crippen LogP contribution in [0.15, 0.2) is 30.5 Å². The van der Waals surface area contributed by atoms with Crippen LogP contribution in [0.2, 0.25) is 0 Å². The lowest BCUT2D eigenvalue weighted by Crippen LogP contribution is -2.21. The molecule has 0 saturated heterocycles. The summed E-state index contributed by atoms with van der Waals surface area (Å²) in [4.78, 5) is 8.11. The van der Waals surface area contributed by atoms with Crippen molar-refractivity contribution in [3.8, 4) is 0 Å². The zero-order valence-corrected chi connectivity index (χ0v) is 14.2. The molecular weight excluding hydrogens is 278 g/mol. The van der Waals surface area contributed by atoms with E-state index in [4.69, 9.17) is 0 Å². The van der Waals surface area contributed by atoms with Crippen molar-refractivity contribution in [3.63, 3.8) is 0 Å². The molecule has 1 aromatic heterocycles. The molecule has 0 unspecified atom stereocenters. The van der Waals surface area contributed by atoms with Gasteiger partial charge in [-0.05, 0) is 33.3 Å². The molecule has 0 aliphatic heterocycles. The second kappa shape index (κ2) is 7.57. The maximum atomic E-state index is 4.53. The second-order valence-electron chi connectivity index (χ2n) is 5.30. The fourth-order valence-corrected chi connectivity index (χ4v) is 3.32. The quantitative estimate of drug-likeness (QED) is 0.833. The van der Waals surface area contributed by atoms with Crippen LogP contribution in [-0.2, 0) is 6.54 Å². The number of hydrogen-bond donors (Lipinski definition) is 1. The third-order valence-electron chi connectivity index (χ3n) is 3.70. The van der Waals surface area contributed by atoms with Crippen molar-refractivity contribution in [2.24, 2.45) is 0 Å². The standard InChI is InChI=1S/C17H25N3S/c1-5-20(6-2)17-19-12-16(21-17)11-18-14(4)15-9-7-8-13(3)10-15/h7-10,12,14,18H,5-6,11H2,1-4H3/t14-/m1/s1. The summed E-state index contributed by atoms with van der Waals surface area (Å²) >= 11 is 1.78. The molecule has 2 aromatic rings. The first-order valence-corrected chi connectivity index (χ1v) is 8.45. The molecule has 114 valence electrons. The average Bonchev–Trinajstić information content (AvgIpc) is 2.95. The molecule has 0 bridgehead atoms. The van der Waals surface area contributed by atoms with Crippen molar-refractivity contribution in [2.45, 2.75) is 40.3 Å². The van der Waals surface area contributed by atoms with E-state index in [1.54, 1.807) is 11.3 Å². The van der Waals surface area contributed by atoms with E-state index in [1.807, 2.05) is 6.20 Å². The highest BCUT2D eigenvalue weighted by Gasteiger charge is 2.09. The van der Waals surface area contributed by atoms with Crippen molar-refractivity contribution >= 4 is 16.5 Å². The maximum absolute atomic E-state index is 4.53. The lowest BCUT2D eigenvalue weighted by atomic mass is 10.1. The van der Waals surface area contributed by atoms with Crippen LogP contribution in [0, 0.1) is 6.92 Å². The first kappa shape index (κ1) is 16.0. The summed E-state index contributed by atoms with van der Waals surface area (Å²) in [5, 5.41) is 4.71. The maximum Gasteiger partial charge on any atom is 0.185 e. The van der Waals surface area contributed by atoms with Gasteiger partial charge in [-0.25, -0.2) is 4.98 Å². The number of anilines is 1. The number of aryl methyl sites for hydroxylation is 1. The van der Waals surface area contributed by atoms with Crippen LogP contribution in [0.3, 0.4) is 0 Å². The Labute approximate surface area is 132 Å². The van der Waals surface area contributed by atoms with Gasteiger partial charge in [0, 0.05) is 36.8 Å². The molecule has 0 amide bonds. The summed E-state index contributed by atoms with van der Waals surface area (Å²) in [5.74, 6) is 0. The average molecular weight is 303 g/mol. The summed E-state index contributed by atoms with van der Waals surface area (Å²) in [7, 11) is 0. The minimum Gasteiger partial charge on any atom is -0.349 e. The van der Waals surface area contributed by atoms with Crippen molar-refractivity contribution in [1.29, 1.82) is 0 Å². The van der Waals surface area contributed by atoms with Gasteiger partial charge in [0.15, 0.2) is 5.13 Å². The van der Waals surface area contributed by atoms with Gasteiger partial charge in [0.25, 0.3) is 0 Å².